The van der Waals surface area contributed by atoms with E-state index in [0.717, 1.165) is 0 Å². The number of halogens is 1. The lowest BCUT2D eigenvalue weighted by atomic mass is 9.98. The van der Waals surface area contributed by atoms with E-state index in [9.17, 15) is 14.0 Å². The van der Waals surface area contributed by atoms with Gasteiger partial charge in [-0.05, 0) is 44.0 Å². The quantitative estimate of drug-likeness (QED) is 0.783. The lowest BCUT2D eigenvalue weighted by molar-refractivity contribution is -0.149. The van der Waals surface area contributed by atoms with Gasteiger partial charge in [0.15, 0.2) is 5.60 Å². The van der Waals surface area contributed by atoms with Gasteiger partial charge in [-0.2, -0.15) is 0 Å². The van der Waals surface area contributed by atoms with Crippen LogP contribution in [0.2, 0.25) is 0 Å². The van der Waals surface area contributed by atoms with Gasteiger partial charge in [-0.15, -0.1) is 0 Å². The summed E-state index contributed by atoms with van der Waals surface area (Å²) in [6, 6.07) is 4.64. The van der Waals surface area contributed by atoms with Crippen LogP contribution >= 0.6 is 0 Å². The van der Waals surface area contributed by atoms with Crippen molar-refractivity contribution in [3.05, 3.63) is 30.1 Å². The molecule has 0 aliphatic carbocycles. The highest BCUT2D eigenvalue weighted by molar-refractivity contribution is 5.89. The number of esters is 1. The lowest BCUT2D eigenvalue weighted by Gasteiger charge is -2.29. The minimum atomic E-state index is -1.22. The van der Waals surface area contributed by atoms with E-state index < -0.39 is 23.5 Å². The highest BCUT2D eigenvalue weighted by Crippen LogP contribution is 2.20. The smallest absolute Gasteiger partial charge is 0.328 e. The second kappa shape index (κ2) is 7.94. The third-order valence-electron chi connectivity index (χ3n) is 3.69. The first kappa shape index (κ1) is 18.9. The van der Waals surface area contributed by atoms with Gasteiger partial charge in [-0.3, -0.25) is 4.79 Å². The maximum absolute atomic E-state index is 12.9. The van der Waals surface area contributed by atoms with E-state index in [4.69, 9.17) is 9.47 Å². The second-order valence-electron chi connectivity index (χ2n) is 5.93. The molecule has 0 aliphatic rings. The van der Waals surface area contributed by atoms with Crippen molar-refractivity contribution in [2.45, 2.75) is 45.8 Å². The molecule has 0 fully saturated rings. The number of hydrogen-bond acceptors (Lipinski definition) is 4. The number of benzene rings is 1. The average molecular weight is 325 g/mol. The fourth-order valence-corrected chi connectivity index (χ4v) is 1.95. The number of rotatable bonds is 7. The molecule has 0 saturated heterocycles. The van der Waals surface area contributed by atoms with Gasteiger partial charge >= 0.3 is 5.97 Å². The molecule has 23 heavy (non-hydrogen) atoms. The van der Waals surface area contributed by atoms with E-state index in [-0.39, 0.29) is 11.7 Å². The van der Waals surface area contributed by atoms with Crippen molar-refractivity contribution in [2.75, 3.05) is 7.11 Å². The van der Waals surface area contributed by atoms with Crippen molar-refractivity contribution in [1.29, 1.82) is 0 Å². The summed E-state index contributed by atoms with van der Waals surface area (Å²) < 4.78 is 23.3. The summed E-state index contributed by atoms with van der Waals surface area (Å²) in [6.07, 6.45) is 0.708. The maximum Gasteiger partial charge on any atom is 0.328 e. The van der Waals surface area contributed by atoms with Crippen LogP contribution in [0.4, 0.5) is 4.39 Å². The molecule has 5 nitrogen and oxygen atoms in total. The summed E-state index contributed by atoms with van der Waals surface area (Å²) in [4.78, 5) is 24.3. The van der Waals surface area contributed by atoms with Gasteiger partial charge in [-0.1, -0.05) is 20.3 Å². The Hall–Kier alpha value is -2.11. The number of nitrogens with one attached hydrogen (secondary N) is 1. The molecule has 1 rings (SSSR count). The molecule has 6 heteroatoms. The van der Waals surface area contributed by atoms with Crippen LogP contribution in [0.3, 0.4) is 0 Å². The summed E-state index contributed by atoms with van der Waals surface area (Å²) in [5.74, 6) is -1.04. The van der Waals surface area contributed by atoms with Gasteiger partial charge in [0, 0.05) is 0 Å². The van der Waals surface area contributed by atoms with Crippen molar-refractivity contribution in [1.82, 2.24) is 5.32 Å². The van der Waals surface area contributed by atoms with Gasteiger partial charge in [0.05, 0.1) is 7.11 Å². The molecule has 0 saturated carbocycles. The Balaban J connectivity index is 2.83. The van der Waals surface area contributed by atoms with E-state index in [1.54, 1.807) is 13.8 Å². The first-order valence-electron chi connectivity index (χ1n) is 7.54. The van der Waals surface area contributed by atoms with Gasteiger partial charge < -0.3 is 14.8 Å². The predicted molar refractivity (Wildman–Crippen MR) is 84.5 cm³/mol. The molecule has 0 heterocycles. The fourth-order valence-electron chi connectivity index (χ4n) is 1.95. The van der Waals surface area contributed by atoms with Crippen molar-refractivity contribution in [3.63, 3.8) is 0 Å². The monoisotopic (exact) mass is 325 g/mol. The van der Waals surface area contributed by atoms with Crippen LogP contribution in [-0.4, -0.2) is 30.6 Å². The van der Waals surface area contributed by atoms with E-state index in [0.29, 0.717) is 12.2 Å². The highest BCUT2D eigenvalue weighted by Gasteiger charge is 2.35. The summed E-state index contributed by atoms with van der Waals surface area (Å²) in [5.41, 5.74) is -1.22. The molecule has 0 spiro atoms. The lowest BCUT2D eigenvalue weighted by Crippen LogP contribution is -2.54. The second-order valence-corrected chi connectivity index (χ2v) is 5.93. The summed E-state index contributed by atoms with van der Waals surface area (Å²) >= 11 is 0. The number of carbonyl (C=O) groups is 2. The molecule has 1 N–H and O–H groups in total. The zero-order valence-electron chi connectivity index (χ0n) is 14.2. The molecule has 0 radical (unpaired) electrons. The van der Waals surface area contributed by atoms with E-state index in [1.165, 1.54) is 31.4 Å². The Morgan fingerprint density at radius 2 is 1.83 bits per heavy atom. The Morgan fingerprint density at radius 1 is 1.26 bits per heavy atom. The fraction of sp³-hybridized carbons (Fsp3) is 0.529. The minimum Gasteiger partial charge on any atom is -0.478 e. The molecule has 2 unspecified atom stereocenters. The molecule has 128 valence electrons. The van der Waals surface area contributed by atoms with Crippen molar-refractivity contribution >= 4 is 11.9 Å². The minimum absolute atomic E-state index is 0.0759. The van der Waals surface area contributed by atoms with Gasteiger partial charge in [0.25, 0.3) is 5.91 Å². The van der Waals surface area contributed by atoms with Gasteiger partial charge in [0.1, 0.15) is 17.6 Å². The normalized spacial score (nSPS) is 13.8. The standard InChI is InChI=1S/C17H24FNO4/c1-6-11(2)14(15(20)22-5)19-16(21)17(3,4)23-13-9-7-12(18)8-10-13/h7-11,14H,6H2,1-5H3,(H,19,21). The number of amides is 1. The molecule has 1 aromatic rings. The van der Waals surface area contributed by atoms with Crippen LogP contribution in [-0.2, 0) is 14.3 Å². The van der Waals surface area contributed by atoms with Gasteiger partial charge in [-0.25, -0.2) is 9.18 Å². The molecule has 0 aromatic heterocycles. The highest BCUT2D eigenvalue weighted by atomic mass is 19.1. The average Bonchev–Trinajstić information content (AvgIpc) is 2.52. The number of hydrogen-bond donors (Lipinski definition) is 1. The summed E-state index contributed by atoms with van der Waals surface area (Å²) in [6.45, 7) is 6.94. The number of carbonyl (C=O) groups excluding carboxylic acids is 2. The van der Waals surface area contributed by atoms with E-state index >= 15 is 0 Å². The Labute approximate surface area is 136 Å². The van der Waals surface area contributed by atoms with Crippen LogP contribution < -0.4 is 10.1 Å². The van der Waals surface area contributed by atoms with Gasteiger partial charge in [0.2, 0.25) is 0 Å². The molecule has 0 aliphatic heterocycles. The van der Waals surface area contributed by atoms with Crippen molar-refractivity contribution in [2.24, 2.45) is 5.92 Å². The summed E-state index contributed by atoms with van der Waals surface area (Å²) in [5, 5.41) is 2.68. The molecule has 1 aromatic carbocycles. The molecule has 1 amide bonds. The number of methoxy groups -OCH3 is 1. The van der Waals surface area contributed by atoms with Crippen molar-refractivity contribution < 1.29 is 23.5 Å². The van der Waals surface area contributed by atoms with Crippen LogP contribution in [0.15, 0.2) is 24.3 Å². The van der Waals surface area contributed by atoms with Crippen LogP contribution in [0.5, 0.6) is 5.75 Å². The molecule has 0 bridgehead atoms. The first-order valence-corrected chi connectivity index (χ1v) is 7.54. The predicted octanol–water partition coefficient (Wildman–Crippen LogP) is 2.69. The Morgan fingerprint density at radius 3 is 2.30 bits per heavy atom. The third kappa shape index (κ3) is 5.23. The van der Waals surface area contributed by atoms with Crippen molar-refractivity contribution in [3.8, 4) is 5.75 Å². The van der Waals surface area contributed by atoms with Crippen LogP contribution in [0, 0.1) is 11.7 Å². The summed E-state index contributed by atoms with van der Waals surface area (Å²) in [7, 11) is 1.28. The molecular weight excluding hydrogens is 301 g/mol. The third-order valence-corrected chi connectivity index (χ3v) is 3.69. The SMILES string of the molecule is CCC(C)C(NC(=O)C(C)(C)Oc1ccc(F)cc1)C(=O)OC. The zero-order valence-corrected chi connectivity index (χ0v) is 14.2. The van der Waals surface area contributed by atoms with Crippen LogP contribution in [0.25, 0.3) is 0 Å². The van der Waals surface area contributed by atoms with E-state index in [2.05, 4.69) is 5.32 Å². The molecular formula is C17H24FNO4. The zero-order chi connectivity index (χ0) is 17.6. The Kier molecular flexibility index (Phi) is 6.54. The molecule has 2 atom stereocenters. The first-order chi connectivity index (χ1) is 10.7. The maximum atomic E-state index is 12.9. The number of ether oxygens (including phenoxy) is 2. The topological polar surface area (TPSA) is 64.6 Å². The largest absolute Gasteiger partial charge is 0.478 e. The van der Waals surface area contributed by atoms with E-state index in [1.807, 2.05) is 13.8 Å². The Bertz CT molecular complexity index is 542. The van der Waals surface area contributed by atoms with Crippen LogP contribution in [0.1, 0.15) is 34.1 Å².